The summed E-state index contributed by atoms with van der Waals surface area (Å²) in [6, 6.07) is 19.4. The molecule has 0 bridgehead atoms. The molecule has 2 aromatic heterocycles. The van der Waals surface area contributed by atoms with Gasteiger partial charge in [0, 0.05) is 23.9 Å². The van der Waals surface area contributed by atoms with Crippen molar-refractivity contribution >= 4 is 11.6 Å². The number of carbonyl (C=O) groups excluding carboxylic acids is 1. The van der Waals surface area contributed by atoms with Crippen LogP contribution in [0.2, 0.25) is 0 Å². The van der Waals surface area contributed by atoms with Crippen molar-refractivity contribution in [3.05, 3.63) is 84.2 Å². The van der Waals surface area contributed by atoms with E-state index in [1.165, 1.54) is 0 Å². The van der Waals surface area contributed by atoms with E-state index in [0.717, 1.165) is 22.6 Å². The first kappa shape index (κ1) is 16.8. The number of ether oxygens (including phenoxy) is 1. The molecule has 1 N–H and O–H groups in total. The number of rotatable bonds is 5. The summed E-state index contributed by atoms with van der Waals surface area (Å²) in [4.78, 5) is 17.0. The lowest BCUT2D eigenvalue weighted by molar-refractivity contribution is 0.0952. The topological polar surface area (TPSA) is 68.5 Å². The minimum absolute atomic E-state index is 0.228. The molecule has 4 aromatic rings. The van der Waals surface area contributed by atoms with Gasteiger partial charge in [-0.2, -0.15) is 5.10 Å². The molecule has 6 heteroatoms. The second kappa shape index (κ2) is 7.29. The first-order valence-electron chi connectivity index (χ1n) is 8.56. The molecule has 0 radical (unpaired) electrons. The van der Waals surface area contributed by atoms with Gasteiger partial charge in [-0.1, -0.05) is 48.5 Å². The zero-order valence-corrected chi connectivity index (χ0v) is 14.8. The minimum Gasteiger partial charge on any atom is -0.496 e. The van der Waals surface area contributed by atoms with E-state index in [9.17, 15) is 4.79 Å². The van der Waals surface area contributed by atoms with Crippen LogP contribution in [0.4, 0.5) is 0 Å². The van der Waals surface area contributed by atoms with Gasteiger partial charge in [-0.15, -0.1) is 0 Å². The monoisotopic (exact) mass is 358 g/mol. The van der Waals surface area contributed by atoms with E-state index in [-0.39, 0.29) is 5.91 Å². The summed E-state index contributed by atoms with van der Waals surface area (Å²) in [7, 11) is 1.61. The Morgan fingerprint density at radius 3 is 2.67 bits per heavy atom. The quantitative estimate of drug-likeness (QED) is 0.594. The number of fused-ring (bicyclic) bond motifs is 1. The van der Waals surface area contributed by atoms with Crippen molar-refractivity contribution in [3.8, 4) is 17.0 Å². The largest absolute Gasteiger partial charge is 0.496 e. The molecule has 134 valence electrons. The maximum atomic E-state index is 12.7. The van der Waals surface area contributed by atoms with Gasteiger partial charge in [-0.05, 0) is 12.1 Å². The van der Waals surface area contributed by atoms with E-state index >= 15 is 0 Å². The average molecular weight is 358 g/mol. The summed E-state index contributed by atoms with van der Waals surface area (Å²) in [6.45, 7) is 0.360. The average Bonchev–Trinajstić information content (AvgIpc) is 3.17. The van der Waals surface area contributed by atoms with E-state index in [0.29, 0.717) is 17.8 Å². The molecule has 4 rings (SSSR count). The van der Waals surface area contributed by atoms with Crippen molar-refractivity contribution < 1.29 is 9.53 Å². The highest BCUT2D eigenvalue weighted by Gasteiger charge is 2.16. The van der Waals surface area contributed by atoms with Crippen LogP contribution in [-0.4, -0.2) is 27.6 Å². The van der Waals surface area contributed by atoms with Crippen LogP contribution in [0.25, 0.3) is 16.9 Å². The van der Waals surface area contributed by atoms with Crippen molar-refractivity contribution in [2.24, 2.45) is 0 Å². The Labute approximate surface area is 156 Å². The molecule has 0 aliphatic carbocycles. The van der Waals surface area contributed by atoms with Crippen molar-refractivity contribution in [2.45, 2.75) is 6.54 Å². The zero-order chi connectivity index (χ0) is 18.6. The van der Waals surface area contributed by atoms with Crippen LogP contribution in [0.15, 0.2) is 73.1 Å². The van der Waals surface area contributed by atoms with Gasteiger partial charge in [0.2, 0.25) is 0 Å². The number of hydrogen-bond acceptors (Lipinski definition) is 4. The van der Waals surface area contributed by atoms with Crippen molar-refractivity contribution in [2.75, 3.05) is 7.11 Å². The molecule has 2 heterocycles. The van der Waals surface area contributed by atoms with Gasteiger partial charge in [0.25, 0.3) is 5.91 Å². The number of aromatic nitrogens is 3. The third-order valence-corrected chi connectivity index (χ3v) is 4.35. The fourth-order valence-electron chi connectivity index (χ4n) is 3.00. The maximum absolute atomic E-state index is 12.7. The third kappa shape index (κ3) is 3.25. The Kier molecular flexibility index (Phi) is 4.53. The molecule has 0 unspecified atom stereocenters. The minimum atomic E-state index is -0.228. The Bertz CT molecular complexity index is 1090. The molecule has 1 amide bonds. The highest BCUT2D eigenvalue weighted by Crippen LogP contribution is 2.21. The van der Waals surface area contributed by atoms with Crippen LogP contribution in [0.3, 0.4) is 0 Å². The molecule has 0 fully saturated rings. The SMILES string of the molecule is COc1ccccc1CNC(=O)c1cnn2c(-c3ccccc3)ccnc12. The van der Waals surface area contributed by atoms with Crippen LogP contribution in [0.5, 0.6) is 5.75 Å². The smallest absolute Gasteiger partial charge is 0.257 e. The normalized spacial score (nSPS) is 10.7. The van der Waals surface area contributed by atoms with Gasteiger partial charge in [0.1, 0.15) is 11.3 Å². The predicted molar refractivity (Wildman–Crippen MR) is 103 cm³/mol. The maximum Gasteiger partial charge on any atom is 0.257 e. The summed E-state index contributed by atoms with van der Waals surface area (Å²) >= 11 is 0. The number of benzene rings is 2. The van der Waals surface area contributed by atoms with Crippen LogP contribution in [-0.2, 0) is 6.54 Å². The van der Waals surface area contributed by atoms with Crippen LogP contribution >= 0.6 is 0 Å². The van der Waals surface area contributed by atoms with E-state index in [2.05, 4.69) is 15.4 Å². The Balaban J connectivity index is 1.62. The van der Waals surface area contributed by atoms with Gasteiger partial charge in [0.15, 0.2) is 5.65 Å². The van der Waals surface area contributed by atoms with E-state index < -0.39 is 0 Å². The first-order chi connectivity index (χ1) is 13.3. The summed E-state index contributed by atoms with van der Waals surface area (Å²) in [6.07, 6.45) is 3.24. The molecular weight excluding hydrogens is 340 g/mol. The van der Waals surface area contributed by atoms with Gasteiger partial charge in [0.05, 0.1) is 19.0 Å². The highest BCUT2D eigenvalue weighted by atomic mass is 16.5. The Morgan fingerprint density at radius 1 is 1.07 bits per heavy atom. The second-order valence-electron chi connectivity index (χ2n) is 5.98. The van der Waals surface area contributed by atoms with Crippen LogP contribution in [0.1, 0.15) is 15.9 Å². The standard InChI is InChI=1S/C21H18N4O2/c1-27-19-10-6-5-9-16(19)13-23-21(26)17-14-24-25-18(11-12-22-20(17)25)15-7-3-2-4-8-15/h2-12,14H,13H2,1H3,(H,23,26). The van der Waals surface area contributed by atoms with Crippen molar-refractivity contribution in [3.63, 3.8) is 0 Å². The Hall–Kier alpha value is -3.67. The summed E-state index contributed by atoms with van der Waals surface area (Å²) in [5.41, 5.74) is 3.75. The van der Waals surface area contributed by atoms with E-state index in [1.807, 2.05) is 60.7 Å². The summed E-state index contributed by atoms with van der Waals surface area (Å²) in [5, 5.41) is 7.29. The van der Waals surface area contributed by atoms with Crippen molar-refractivity contribution in [1.82, 2.24) is 19.9 Å². The van der Waals surface area contributed by atoms with Gasteiger partial charge < -0.3 is 10.1 Å². The predicted octanol–water partition coefficient (Wildman–Crippen LogP) is 3.33. The molecule has 0 aliphatic heterocycles. The summed E-state index contributed by atoms with van der Waals surface area (Å²) < 4.78 is 7.01. The first-order valence-corrected chi connectivity index (χ1v) is 8.56. The second-order valence-corrected chi connectivity index (χ2v) is 5.98. The number of para-hydroxylation sites is 1. The van der Waals surface area contributed by atoms with Gasteiger partial charge in [-0.25, -0.2) is 9.50 Å². The molecule has 6 nitrogen and oxygen atoms in total. The molecule has 0 atom stereocenters. The lowest BCUT2D eigenvalue weighted by atomic mass is 10.1. The number of nitrogens with zero attached hydrogens (tertiary/aromatic N) is 3. The van der Waals surface area contributed by atoms with Crippen LogP contribution < -0.4 is 10.1 Å². The van der Waals surface area contributed by atoms with E-state index in [1.54, 1.807) is 24.0 Å². The Morgan fingerprint density at radius 2 is 1.85 bits per heavy atom. The molecular formula is C21H18N4O2. The molecule has 0 saturated heterocycles. The fraction of sp³-hybridized carbons (Fsp3) is 0.0952. The number of methoxy groups -OCH3 is 1. The van der Waals surface area contributed by atoms with Crippen LogP contribution in [0, 0.1) is 0 Å². The molecule has 0 aliphatic rings. The fourth-order valence-corrected chi connectivity index (χ4v) is 3.00. The zero-order valence-electron chi connectivity index (χ0n) is 14.8. The molecule has 2 aromatic carbocycles. The summed E-state index contributed by atoms with van der Waals surface area (Å²) in [5.74, 6) is 0.510. The van der Waals surface area contributed by atoms with Gasteiger partial charge >= 0.3 is 0 Å². The molecule has 27 heavy (non-hydrogen) atoms. The molecule has 0 saturated carbocycles. The number of nitrogens with one attached hydrogen (secondary N) is 1. The highest BCUT2D eigenvalue weighted by molar-refractivity contribution is 5.99. The third-order valence-electron chi connectivity index (χ3n) is 4.35. The lowest BCUT2D eigenvalue weighted by Crippen LogP contribution is -2.23. The number of hydrogen-bond donors (Lipinski definition) is 1. The molecule has 0 spiro atoms. The van der Waals surface area contributed by atoms with Gasteiger partial charge in [-0.3, -0.25) is 4.79 Å². The lowest BCUT2D eigenvalue weighted by Gasteiger charge is -2.09. The van der Waals surface area contributed by atoms with E-state index in [4.69, 9.17) is 4.74 Å². The number of carbonyl (C=O) groups is 1. The van der Waals surface area contributed by atoms with Crippen molar-refractivity contribution in [1.29, 1.82) is 0 Å². The number of amides is 1.